The summed E-state index contributed by atoms with van der Waals surface area (Å²) in [6, 6.07) is 4.07. The molecule has 4 nitrogen and oxygen atoms in total. The number of carbonyl (C=O) groups is 1. The molecule has 2 fully saturated rings. The molecular weight excluding hydrogens is 252 g/mol. The molecule has 0 aromatic carbocycles. The lowest BCUT2D eigenvalue weighted by Crippen LogP contribution is -2.43. The maximum Gasteiger partial charge on any atom is 0.234 e. The Kier molecular flexibility index (Phi) is 4.10. The van der Waals surface area contributed by atoms with Crippen LogP contribution in [0.5, 0.6) is 0 Å². The molecule has 2 aliphatic carbocycles. The zero-order chi connectivity index (χ0) is 13.9. The van der Waals surface area contributed by atoms with Gasteiger partial charge in [-0.3, -0.25) is 4.79 Å². The Morgan fingerprint density at radius 1 is 1.45 bits per heavy atom. The van der Waals surface area contributed by atoms with Crippen molar-refractivity contribution in [3.63, 3.8) is 0 Å². The van der Waals surface area contributed by atoms with Gasteiger partial charge in [0.05, 0.1) is 19.4 Å². The van der Waals surface area contributed by atoms with E-state index in [-0.39, 0.29) is 5.91 Å². The summed E-state index contributed by atoms with van der Waals surface area (Å²) < 4.78 is 5.22. The summed E-state index contributed by atoms with van der Waals surface area (Å²) in [5, 5.41) is 6.27. The number of hydrogen-bond donors (Lipinski definition) is 2. The number of hydrogen-bond acceptors (Lipinski definition) is 3. The molecule has 2 N–H and O–H groups in total. The molecule has 1 aromatic heterocycles. The number of amides is 1. The topological polar surface area (TPSA) is 54.3 Å². The molecule has 2 bridgehead atoms. The van der Waals surface area contributed by atoms with E-state index in [0.29, 0.717) is 25.0 Å². The first-order valence-corrected chi connectivity index (χ1v) is 7.75. The Morgan fingerprint density at radius 2 is 2.35 bits per heavy atom. The predicted molar refractivity (Wildman–Crippen MR) is 77.0 cm³/mol. The monoisotopic (exact) mass is 276 g/mol. The quantitative estimate of drug-likeness (QED) is 0.838. The highest BCUT2D eigenvalue weighted by Gasteiger charge is 2.41. The van der Waals surface area contributed by atoms with Crippen LogP contribution in [0, 0.1) is 17.8 Å². The fraction of sp³-hybridized carbons (Fsp3) is 0.688. The number of rotatable bonds is 6. The van der Waals surface area contributed by atoms with E-state index in [1.807, 2.05) is 12.1 Å². The van der Waals surface area contributed by atoms with Gasteiger partial charge < -0.3 is 15.1 Å². The van der Waals surface area contributed by atoms with Crippen LogP contribution in [-0.2, 0) is 11.3 Å². The number of carbonyl (C=O) groups excluding carboxylic acids is 1. The van der Waals surface area contributed by atoms with Crippen molar-refractivity contribution in [1.29, 1.82) is 0 Å². The van der Waals surface area contributed by atoms with Crippen LogP contribution in [-0.4, -0.2) is 18.5 Å². The first kappa shape index (κ1) is 13.7. The lowest BCUT2D eigenvalue weighted by molar-refractivity contribution is -0.121. The summed E-state index contributed by atoms with van der Waals surface area (Å²) in [7, 11) is 0. The van der Waals surface area contributed by atoms with Gasteiger partial charge in [-0.1, -0.05) is 6.42 Å². The molecule has 0 saturated heterocycles. The minimum Gasteiger partial charge on any atom is -0.468 e. The predicted octanol–water partition coefficient (Wildman–Crippen LogP) is 2.31. The largest absolute Gasteiger partial charge is 0.468 e. The number of fused-ring (bicyclic) bond motifs is 2. The molecular formula is C16H24N2O2. The second kappa shape index (κ2) is 6.00. The van der Waals surface area contributed by atoms with Gasteiger partial charge in [0, 0.05) is 6.04 Å². The molecule has 0 aliphatic heterocycles. The molecule has 0 spiro atoms. The summed E-state index contributed by atoms with van der Waals surface area (Å²) in [5.74, 6) is 3.43. The molecule has 1 aromatic rings. The van der Waals surface area contributed by atoms with E-state index >= 15 is 0 Å². The van der Waals surface area contributed by atoms with Gasteiger partial charge in [-0.15, -0.1) is 0 Å². The van der Waals surface area contributed by atoms with Crippen molar-refractivity contribution in [2.45, 2.75) is 45.2 Å². The Bertz CT molecular complexity index is 443. The average Bonchev–Trinajstić information content (AvgIpc) is 3.15. The first-order valence-electron chi connectivity index (χ1n) is 7.75. The number of furan rings is 1. The Hall–Kier alpha value is -1.29. The molecule has 1 heterocycles. The summed E-state index contributed by atoms with van der Waals surface area (Å²) in [4.78, 5) is 11.9. The third-order valence-corrected chi connectivity index (χ3v) is 4.99. The summed E-state index contributed by atoms with van der Waals surface area (Å²) in [6.45, 7) is 3.12. The van der Waals surface area contributed by atoms with Gasteiger partial charge in [0.1, 0.15) is 5.76 Å². The van der Waals surface area contributed by atoms with E-state index in [9.17, 15) is 4.79 Å². The van der Waals surface area contributed by atoms with Gasteiger partial charge in [-0.05, 0) is 56.1 Å². The van der Waals surface area contributed by atoms with Crippen LogP contribution in [0.1, 0.15) is 38.4 Å². The maximum absolute atomic E-state index is 11.9. The van der Waals surface area contributed by atoms with Crippen molar-refractivity contribution in [3.05, 3.63) is 24.2 Å². The number of nitrogens with one attached hydrogen (secondary N) is 2. The van der Waals surface area contributed by atoms with Crippen LogP contribution >= 0.6 is 0 Å². The van der Waals surface area contributed by atoms with Crippen LogP contribution in [0.2, 0.25) is 0 Å². The SMILES string of the molecule is C[C@@H](NC(=O)CNCc1ccco1)[C@H]1C[C@H]2CC[C@H]1C2. The second-order valence-electron chi connectivity index (χ2n) is 6.38. The van der Waals surface area contributed by atoms with Crippen LogP contribution in [0.25, 0.3) is 0 Å². The highest BCUT2D eigenvalue weighted by atomic mass is 16.3. The van der Waals surface area contributed by atoms with Gasteiger partial charge >= 0.3 is 0 Å². The molecule has 3 rings (SSSR count). The van der Waals surface area contributed by atoms with E-state index in [0.717, 1.165) is 17.6 Å². The van der Waals surface area contributed by atoms with E-state index in [2.05, 4.69) is 17.6 Å². The Labute approximate surface area is 120 Å². The summed E-state index contributed by atoms with van der Waals surface area (Å²) in [6.07, 6.45) is 7.13. The van der Waals surface area contributed by atoms with E-state index in [4.69, 9.17) is 4.42 Å². The lowest BCUT2D eigenvalue weighted by Gasteiger charge is -2.28. The molecule has 1 amide bonds. The third kappa shape index (κ3) is 3.06. The fourth-order valence-corrected chi connectivity index (χ4v) is 4.03. The van der Waals surface area contributed by atoms with Crippen LogP contribution in [0.4, 0.5) is 0 Å². The maximum atomic E-state index is 11.9. The fourth-order valence-electron chi connectivity index (χ4n) is 4.03. The van der Waals surface area contributed by atoms with Crippen molar-refractivity contribution in [2.24, 2.45) is 17.8 Å². The molecule has 0 radical (unpaired) electrons. The van der Waals surface area contributed by atoms with E-state index < -0.39 is 0 Å². The van der Waals surface area contributed by atoms with Gasteiger partial charge in [-0.2, -0.15) is 0 Å². The van der Waals surface area contributed by atoms with E-state index in [1.165, 1.54) is 25.7 Å². The zero-order valence-electron chi connectivity index (χ0n) is 12.1. The Morgan fingerprint density at radius 3 is 3.00 bits per heavy atom. The second-order valence-corrected chi connectivity index (χ2v) is 6.38. The van der Waals surface area contributed by atoms with E-state index in [1.54, 1.807) is 6.26 Å². The van der Waals surface area contributed by atoms with Gasteiger partial charge in [0.15, 0.2) is 0 Å². The standard InChI is InChI=1S/C16H24N2O2/c1-11(15-8-12-4-5-13(15)7-12)18-16(19)10-17-9-14-3-2-6-20-14/h2-3,6,11-13,15,17H,4-5,7-10H2,1H3,(H,18,19)/t11-,12+,13+,15-/m1/s1. The zero-order valence-corrected chi connectivity index (χ0v) is 12.1. The van der Waals surface area contributed by atoms with Gasteiger partial charge in [0.2, 0.25) is 5.91 Å². The van der Waals surface area contributed by atoms with Crippen LogP contribution in [0.3, 0.4) is 0 Å². The minimum absolute atomic E-state index is 0.0897. The average molecular weight is 276 g/mol. The highest BCUT2D eigenvalue weighted by molar-refractivity contribution is 5.78. The van der Waals surface area contributed by atoms with Crippen molar-refractivity contribution in [1.82, 2.24) is 10.6 Å². The molecule has 2 saturated carbocycles. The van der Waals surface area contributed by atoms with Crippen LogP contribution < -0.4 is 10.6 Å². The molecule has 2 aliphatic rings. The first-order chi connectivity index (χ1) is 9.72. The lowest BCUT2D eigenvalue weighted by atomic mass is 9.84. The molecule has 110 valence electrons. The normalized spacial score (nSPS) is 29.6. The van der Waals surface area contributed by atoms with Gasteiger partial charge in [0.25, 0.3) is 0 Å². The van der Waals surface area contributed by atoms with Crippen molar-refractivity contribution in [3.8, 4) is 0 Å². The molecule has 20 heavy (non-hydrogen) atoms. The van der Waals surface area contributed by atoms with Crippen LogP contribution in [0.15, 0.2) is 22.8 Å². The molecule has 0 unspecified atom stereocenters. The van der Waals surface area contributed by atoms with Crippen molar-refractivity contribution >= 4 is 5.91 Å². The minimum atomic E-state index is 0.0897. The smallest absolute Gasteiger partial charge is 0.234 e. The molecule has 4 heteroatoms. The Balaban J connectivity index is 1.38. The highest BCUT2D eigenvalue weighted by Crippen LogP contribution is 2.49. The third-order valence-electron chi connectivity index (χ3n) is 4.99. The van der Waals surface area contributed by atoms with Gasteiger partial charge in [-0.25, -0.2) is 0 Å². The molecule has 4 atom stereocenters. The van der Waals surface area contributed by atoms with Crippen molar-refractivity contribution < 1.29 is 9.21 Å². The summed E-state index contributed by atoms with van der Waals surface area (Å²) >= 11 is 0. The summed E-state index contributed by atoms with van der Waals surface area (Å²) in [5.41, 5.74) is 0. The van der Waals surface area contributed by atoms with Crippen molar-refractivity contribution in [2.75, 3.05) is 6.54 Å².